The maximum absolute atomic E-state index is 5.97. The first-order chi connectivity index (χ1) is 9.49. The minimum absolute atomic E-state index is 0.120. The fourth-order valence-electron chi connectivity index (χ4n) is 3.67. The number of nitrogens with zero attached hydrogens (tertiary/aromatic N) is 1. The van der Waals surface area contributed by atoms with Crippen LogP contribution in [0, 0.1) is 12.8 Å². The molecule has 0 heterocycles. The first kappa shape index (κ1) is 15.5. The molecular formula is C17H29N3. The van der Waals surface area contributed by atoms with Gasteiger partial charge in [0.25, 0.3) is 0 Å². The van der Waals surface area contributed by atoms with E-state index in [2.05, 4.69) is 62.5 Å². The molecule has 1 aromatic rings. The minimum atomic E-state index is 0.120. The van der Waals surface area contributed by atoms with Crippen molar-refractivity contribution in [1.82, 2.24) is 10.3 Å². The maximum Gasteiger partial charge on any atom is 0.0643 e. The molecule has 1 atom stereocenters. The third-order valence-electron chi connectivity index (χ3n) is 5.11. The van der Waals surface area contributed by atoms with E-state index in [1.165, 1.54) is 36.8 Å². The summed E-state index contributed by atoms with van der Waals surface area (Å²) < 4.78 is 0. The number of hydrazine groups is 1. The van der Waals surface area contributed by atoms with Crippen LogP contribution in [0.15, 0.2) is 24.3 Å². The number of aryl methyl sites for hydroxylation is 1. The van der Waals surface area contributed by atoms with E-state index in [1.807, 2.05) is 0 Å². The monoisotopic (exact) mass is 275 g/mol. The smallest absolute Gasteiger partial charge is 0.0643 e. The Balaban J connectivity index is 2.35. The fraction of sp³-hybridized carbons (Fsp3) is 0.647. The molecule has 3 N–H and O–H groups in total. The topological polar surface area (TPSA) is 41.3 Å². The summed E-state index contributed by atoms with van der Waals surface area (Å²) in [7, 11) is 4.38. The molecule has 0 aromatic heterocycles. The van der Waals surface area contributed by atoms with E-state index in [9.17, 15) is 0 Å². The van der Waals surface area contributed by atoms with Gasteiger partial charge in [-0.3, -0.25) is 11.3 Å². The van der Waals surface area contributed by atoms with Crippen molar-refractivity contribution in [1.29, 1.82) is 0 Å². The molecule has 0 aliphatic heterocycles. The van der Waals surface area contributed by atoms with Crippen LogP contribution in [0.25, 0.3) is 0 Å². The lowest BCUT2D eigenvalue weighted by Gasteiger charge is -2.49. The van der Waals surface area contributed by atoms with Crippen molar-refractivity contribution < 1.29 is 0 Å². The second-order valence-electron chi connectivity index (χ2n) is 6.69. The largest absolute Gasteiger partial charge is 0.302 e. The van der Waals surface area contributed by atoms with Gasteiger partial charge >= 0.3 is 0 Å². The molecule has 1 aromatic carbocycles. The second-order valence-corrected chi connectivity index (χ2v) is 6.69. The number of rotatable bonds is 4. The average Bonchev–Trinajstić information content (AvgIpc) is 2.42. The zero-order chi connectivity index (χ0) is 14.8. The summed E-state index contributed by atoms with van der Waals surface area (Å²) in [6.45, 7) is 4.50. The lowest BCUT2D eigenvalue weighted by molar-refractivity contribution is 0.0428. The SMILES string of the molecule is Cc1cccc(C(NN)C2(N(C)C)CCC(C)CC2)c1. The molecule has 0 spiro atoms. The van der Waals surface area contributed by atoms with Gasteiger partial charge in [-0.25, -0.2) is 0 Å². The molecule has 0 saturated heterocycles. The highest BCUT2D eigenvalue weighted by atomic mass is 15.3. The Morgan fingerprint density at radius 1 is 1.30 bits per heavy atom. The summed E-state index contributed by atoms with van der Waals surface area (Å²) in [5.74, 6) is 6.80. The van der Waals surface area contributed by atoms with Gasteiger partial charge in [-0.15, -0.1) is 0 Å². The molecule has 0 bridgehead atoms. The van der Waals surface area contributed by atoms with Crippen molar-refractivity contribution in [2.24, 2.45) is 11.8 Å². The van der Waals surface area contributed by atoms with Gasteiger partial charge in [-0.05, 0) is 58.2 Å². The second kappa shape index (κ2) is 6.25. The first-order valence-corrected chi connectivity index (χ1v) is 7.70. The van der Waals surface area contributed by atoms with E-state index in [4.69, 9.17) is 5.84 Å². The standard InChI is InChI=1S/C17H29N3/c1-13-8-10-17(11-9-13,20(3)4)16(19-18)15-7-5-6-14(2)12-15/h5-7,12-13,16,19H,8-11,18H2,1-4H3. The van der Waals surface area contributed by atoms with Crippen molar-refractivity contribution in [3.8, 4) is 0 Å². The maximum atomic E-state index is 5.97. The van der Waals surface area contributed by atoms with Gasteiger partial charge in [0, 0.05) is 5.54 Å². The van der Waals surface area contributed by atoms with Crippen LogP contribution < -0.4 is 11.3 Å². The Morgan fingerprint density at radius 2 is 1.95 bits per heavy atom. The molecule has 0 radical (unpaired) electrons. The van der Waals surface area contributed by atoms with Crippen molar-refractivity contribution in [3.05, 3.63) is 35.4 Å². The Bertz CT molecular complexity index is 434. The van der Waals surface area contributed by atoms with Gasteiger partial charge in [0.2, 0.25) is 0 Å². The summed E-state index contributed by atoms with van der Waals surface area (Å²) in [6.07, 6.45) is 4.96. The zero-order valence-electron chi connectivity index (χ0n) is 13.3. The van der Waals surface area contributed by atoms with Crippen LogP contribution in [-0.4, -0.2) is 24.5 Å². The van der Waals surface area contributed by atoms with Crippen molar-refractivity contribution >= 4 is 0 Å². The van der Waals surface area contributed by atoms with E-state index in [0.717, 1.165) is 5.92 Å². The first-order valence-electron chi connectivity index (χ1n) is 7.70. The average molecular weight is 275 g/mol. The quantitative estimate of drug-likeness (QED) is 0.655. The van der Waals surface area contributed by atoms with Crippen LogP contribution in [0.2, 0.25) is 0 Å². The van der Waals surface area contributed by atoms with Gasteiger partial charge in [0.05, 0.1) is 6.04 Å². The Morgan fingerprint density at radius 3 is 2.45 bits per heavy atom. The third kappa shape index (κ3) is 2.90. The Kier molecular flexibility index (Phi) is 4.84. The van der Waals surface area contributed by atoms with Crippen molar-refractivity contribution in [2.45, 2.75) is 51.1 Å². The summed E-state index contributed by atoms with van der Waals surface area (Å²) in [5.41, 5.74) is 5.82. The van der Waals surface area contributed by atoms with Gasteiger partial charge in [0.1, 0.15) is 0 Å². The Hall–Kier alpha value is -0.900. The fourth-order valence-corrected chi connectivity index (χ4v) is 3.67. The molecule has 1 aliphatic carbocycles. The van der Waals surface area contributed by atoms with Gasteiger partial charge in [-0.2, -0.15) is 0 Å². The number of benzene rings is 1. The normalized spacial score (nSPS) is 28.6. The molecule has 1 saturated carbocycles. The molecule has 2 rings (SSSR count). The van der Waals surface area contributed by atoms with Crippen LogP contribution in [0.3, 0.4) is 0 Å². The third-order valence-corrected chi connectivity index (χ3v) is 5.11. The number of nitrogens with one attached hydrogen (secondary N) is 1. The summed E-state index contributed by atoms with van der Waals surface area (Å²) >= 11 is 0. The van der Waals surface area contributed by atoms with E-state index < -0.39 is 0 Å². The molecular weight excluding hydrogens is 246 g/mol. The summed E-state index contributed by atoms with van der Waals surface area (Å²) in [6, 6.07) is 8.91. The molecule has 1 unspecified atom stereocenters. The number of hydrogen-bond donors (Lipinski definition) is 2. The van der Waals surface area contributed by atoms with Crippen LogP contribution in [0.4, 0.5) is 0 Å². The highest BCUT2D eigenvalue weighted by molar-refractivity contribution is 5.28. The minimum Gasteiger partial charge on any atom is -0.302 e. The Labute approximate surface area is 123 Å². The lowest BCUT2D eigenvalue weighted by Crippen LogP contribution is -2.56. The predicted molar refractivity (Wildman–Crippen MR) is 85.3 cm³/mol. The van der Waals surface area contributed by atoms with Gasteiger partial charge in [0.15, 0.2) is 0 Å². The van der Waals surface area contributed by atoms with E-state index >= 15 is 0 Å². The van der Waals surface area contributed by atoms with Gasteiger partial charge in [-0.1, -0.05) is 36.8 Å². The lowest BCUT2D eigenvalue weighted by atomic mass is 9.70. The van der Waals surface area contributed by atoms with E-state index in [0.29, 0.717) is 0 Å². The van der Waals surface area contributed by atoms with E-state index in [1.54, 1.807) is 0 Å². The van der Waals surface area contributed by atoms with Crippen LogP contribution in [-0.2, 0) is 0 Å². The predicted octanol–water partition coefficient (Wildman–Crippen LogP) is 3.01. The van der Waals surface area contributed by atoms with Crippen LogP contribution >= 0.6 is 0 Å². The van der Waals surface area contributed by atoms with Crippen molar-refractivity contribution in [2.75, 3.05) is 14.1 Å². The molecule has 1 fully saturated rings. The number of likely N-dealkylation sites (N-methyl/N-ethyl adjacent to an activating group) is 1. The van der Waals surface area contributed by atoms with Gasteiger partial charge < -0.3 is 4.90 Å². The van der Waals surface area contributed by atoms with E-state index in [-0.39, 0.29) is 11.6 Å². The molecule has 0 amide bonds. The molecule has 112 valence electrons. The summed E-state index contributed by atoms with van der Waals surface area (Å²) in [4.78, 5) is 2.38. The zero-order valence-corrected chi connectivity index (χ0v) is 13.3. The number of nitrogens with two attached hydrogens (primary N) is 1. The molecule has 3 nitrogen and oxygen atoms in total. The highest BCUT2D eigenvalue weighted by Gasteiger charge is 2.43. The highest BCUT2D eigenvalue weighted by Crippen LogP contribution is 2.43. The van der Waals surface area contributed by atoms with Crippen LogP contribution in [0.1, 0.15) is 49.8 Å². The molecule has 20 heavy (non-hydrogen) atoms. The molecule has 3 heteroatoms. The van der Waals surface area contributed by atoms with Crippen LogP contribution in [0.5, 0.6) is 0 Å². The number of hydrogen-bond acceptors (Lipinski definition) is 3. The molecule has 1 aliphatic rings. The van der Waals surface area contributed by atoms with Crippen molar-refractivity contribution in [3.63, 3.8) is 0 Å². The summed E-state index contributed by atoms with van der Waals surface area (Å²) in [5, 5.41) is 0.